The molecule has 1 fully saturated rings. The average molecular weight is 205 g/mol. The lowest BCUT2D eigenvalue weighted by atomic mass is 10.1. The van der Waals surface area contributed by atoms with Gasteiger partial charge in [-0.25, -0.2) is 4.79 Å². The van der Waals surface area contributed by atoms with Crippen LogP contribution in [0.4, 0.5) is 0 Å². The highest BCUT2D eigenvalue weighted by Crippen LogP contribution is 2.45. The predicted molar refractivity (Wildman–Crippen MR) is 54.6 cm³/mol. The van der Waals surface area contributed by atoms with Gasteiger partial charge in [0, 0.05) is 7.05 Å². The van der Waals surface area contributed by atoms with E-state index in [1.54, 1.807) is 13.1 Å². The molecule has 3 rings (SSSR count). The van der Waals surface area contributed by atoms with Crippen molar-refractivity contribution in [2.24, 2.45) is 7.05 Å². The van der Waals surface area contributed by atoms with Gasteiger partial charge in [-0.15, -0.1) is 0 Å². The highest BCUT2D eigenvalue weighted by Gasteiger charge is 2.42. The van der Waals surface area contributed by atoms with Crippen LogP contribution in [-0.4, -0.2) is 9.67 Å². The van der Waals surface area contributed by atoms with Crippen LogP contribution in [0.1, 0.15) is 18.4 Å². The Labute approximate surface area is 85.7 Å². The van der Waals surface area contributed by atoms with E-state index >= 15 is 0 Å². The van der Waals surface area contributed by atoms with E-state index in [0.29, 0.717) is 5.58 Å². The number of rotatable bonds is 1. The van der Waals surface area contributed by atoms with Crippen molar-refractivity contribution in [3.05, 3.63) is 34.3 Å². The zero-order valence-electron chi connectivity index (χ0n) is 8.36. The minimum absolute atomic E-state index is 0.370. The Balaban J connectivity index is 2.29. The van der Waals surface area contributed by atoms with Crippen molar-refractivity contribution in [2.45, 2.75) is 18.4 Å². The third kappa shape index (κ3) is 1.15. The van der Waals surface area contributed by atoms with E-state index < -0.39 is 5.60 Å². The third-order valence-electron chi connectivity index (χ3n) is 3.05. The number of hydrogen-bond acceptors (Lipinski definition) is 3. The monoisotopic (exact) mass is 205 g/mol. The Kier molecular flexibility index (Phi) is 1.47. The first-order valence-corrected chi connectivity index (χ1v) is 4.93. The van der Waals surface area contributed by atoms with E-state index in [0.717, 1.165) is 23.9 Å². The summed E-state index contributed by atoms with van der Waals surface area (Å²) in [4.78, 5) is 11.2. The summed E-state index contributed by atoms with van der Waals surface area (Å²) in [5.41, 5.74) is 1.50. The van der Waals surface area contributed by atoms with Gasteiger partial charge in [-0.2, -0.15) is 0 Å². The van der Waals surface area contributed by atoms with Gasteiger partial charge in [0.1, 0.15) is 0 Å². The summed E-state index contributed by atoms with van der Waals surface area (Å²) in [6.07, 6.45) is 1.59. The molecule has 1 heterocycles. The van der Waals surface area contributed by atoms with Gasteiger partial charge in [-0.1, -0.05) is 6.07 Å². The molecule has 0 bridgehead atoms. The minimum atomic E-state index is -0.665. The minimum Gasteiger partial charge on any atom is -0.408 e. The summed E-state index contributed by atoms with van der Waals surface area (Å²) in [7, 11) is 1.66. The van der Waals surface area contributed by atoms with Crippen LogP contribution in [0.15, 0.2) is 27.4 Å². The van der Waals surface area contributed by atoms with Crippen molar-refractivity contribution in [3.63, 3.8) is 0 Å². The molecule has 1 saturated carbocycles. The smallest absolute Gasteiger partial charge is 0.408 e. The molecule has 0 radical (unpaired) electrons. The summed E-state index contributed by atoms with van der Waals surface area (Å²) in [5, 5.41) is 9.94. The Bertz CT molecular complexity index is 589. The van der Waals surface area contributed by atoms with Gasteiger partial charge in [0.2, 0.25) is 0 Å². The van der Waals surface area contributed by atoms with Crippen molar-refractivity contribution in [2.75, 3.05) is 0 Å². The molecule has 1 aliphatic rings. The Morgan fingerprint density at radius 2 is 2.20 bits per heavy atom. The summed E-state index contributed by atoms with van der Waals surface area (Å²) >= 11 is 0. The number of fused-ring (bicyclic) bond motifs is 1. The predicted octanol–water partition coefficient (Wildman–Crippen LogP) is 1.11. The molecular weight excluding hydrogens is 194 g/mol. The molecule has 1 aromatic carbocycles. The molecule has 2 aromatic rings. The van der Waals surface area contributed by atoms with Crippen molar-refractivity contribution in [3.8, 4) is 0 Å². The van der Waals surface area contributed by atoms with Gasteiger partial charge < -0.3 is 9.52 Å². The number of aliphatic hydroxyl groups is 1. The maximum atomic E-state index is 11.2. The van der Waals surface area contributed by atoms with Crippen molar-refractivity contribution >= 4 is 11.1 Å². The highest BCUT2D eigenvalue weighted by molar-refractivity contribution is 5.74. The molecule has 0 amide bonds. The van der Waals surface area contributed by atoms with Crippen LogP contribution in [-0.2, 0) is 12.6 Å². The molecule has 0 aliphatic heterocycles. The molecule has 1 aliphatic carbocycles. The molecule has 0 atom stereocenters. The lowest BCUT2D eigenvalue weighted by Crippen LogP contribution is -2.09. The molecule has 78 valence electrons. The SMILES string of the molecule is Cn1c(=O)oc2ccc(C3(O)CC3)cc21. The van der Waals surface area contributed by atoms with E-state index in [9.17, 15) is 9.90 Å². The molecule has 15 heavy (non-hydrogen) atoms. The molecule has 4 nitrogen and oxygen atoms in total. The first-order chi connectivity index (χ1) is 7.10. The van der Waals surface area contributed by atoms with Crippen LogP contribution in [0, 0.1) is 0 Å². The van der Waals surface area contributed by atoms with Crippen LogP contribution in [0.3, 0.4) is 0 Å². The quantitative estimate of drug-likeness (QED) is 0.758. The highest BCUT2D eigenvalue weighted by atomic mass is 16.4. The maximum absolute atomic E-state index is 11.2. The zero-order valence-corrected chi connectivity index (χ0v) is 8.36. The van der Waals surface area contributed by atoms with E-state index in [1.807, 2.05) is 12.1 Å². The molecule has 1 aromatic heterocycles. The topological polar surface area (TPSA) is 55.4 Å². The molecule has 0 saturated heterocycles. The molecule has 4 heteroatoms. The number of oxazole rings is 1. The number of aromatic nitrogens is 1. The van der Waals surface area contributed by atoms with Gasteiger partial charge >= 0.3 is 5.76 Å². The first kappa shape index (κ1) is 8.73. The lowest BCUT2D eigenvalue weighted by Gasteiger charge is -2.07. The third-order valence-corrected chi connectivity index (χ3v) is 3.05. The summed E-state index contributed by atoms with van der Waals surface area (Å²) < 4.78 is 6.46. The van der Waals surface area contributed by atoms with Crippen LogP contribution in [0.2, 0.25) is 0 Å². The average Bonchev–Trinajstić information content (AvgIpc) is 2.90. The molecule has 0 unspecified atom stereocenters. The van der Waals surface area contributed by atoms with Gasteiger partial charge in [0.25, 0.3) is 0 Å². The van der Waals surface area contributed by atoms with Crippen LogP contribution >= 0.6 is 0 Å². The fourth-order valence-corrected chi connectivity index (χ4v) is 1.82. The van der Waals surface area contributed by atoms with Crippen LogP contribution in [0.25, 0.3) is 11.1 Å². The standard InChI is InChI=1S/C11H11NO3/c1-12-8-6-7(11(14)4-5-11)2-3-9(8)15-10(12)13/h2-3,6,14H,4-5H2,1H3. The van der Waals surface area contributed by atoms with Gasteiger partial charge in [0.15, 0.2) is 5.58 Å². The first-order valence-electron chi connectivity index (χ1n) is 4.93. The van der Waals surface area contributed by atoms with E-state index in [-0.39, 0.29) is 5.76 Å². The van der Waals surface area contributed by atoms with Crippen molar-refractivity contribution < 1.29 is 9.52 Å². The second-order valence-corrected chi connectivity index (χ2v) is 4.14. The fraction of sp³-hybridized carbons (Fsp3) is 0.364. The zero-order chi connectivity index (χ0) is 10.6. The Hall–Kier alpha value is -1.55. The lowest BCUT2D eigenvalue weighted by molar-refractivity contribution is 0.151. The summed E-state index contributed by atoms with van der Waals surface area (Å²) in [6.45, 7) is 0. The maximum Gasteiger partial charge on any atom is 0.419 e. The van der Waals surface area contributed by atoms with Crippen LogP contribution < -0.4 is 5.76 Å². The van der Waals surface area contributed by atoms with E-state index in [4.69, 9.17) is 4.42 Å². The number of hydrogen-bond donors (Lipinski definition) is 1. The molecule has 1 N–H and O–H groups in total. The second-order valence-electron chi connectivity index (χ2n) is 4.14. The van der Waals surface area contributed by atoms with E-state index in [2.05, 4.69) is 0 Å². The van der Waals surface area contributed by atoms with Crippen molar-refractivity contribution in [1.82, 2.24) is 4.57 Å². The van der Waals surface area contributed by atoms with E-state index in [1.165, 1.54) is 4.57 Å². The Morgan fingerprint density at radius 3 is 2.87 bits per heavy atom. The molecule has 0 spiro atoms. The van der Waals surface area contributed by atoms with Crippen molar-refractivity contribution in [1.29, 1.82) is 0 Å². The van der Waals surface area contributed by atoms with Gasteiger partial charge in [-0.05, 0) is 30.5 Å². The molecular formula is C11H11NO3. The largest absolute Gasteiger partial charge is 0.419 e. The Morgan fingerprint density at radius 1 is 1.47 bits per heavy atom. The van der Waals surface area contributed by atoms with Crippen LogP contribution in [0.5, 0.6) is 0 Å². The van der Waals surface area contributed by atoms with Gasteiger partial charge in [-0.3, -0.25) is 4.57 Å². The number of benzene rings is 1. The number of aryl methyl sites for hydroxylation is 1. The fourth-order valence-electron chi connectivity index (χ4n) is 1.82. The second kappa shape index (κ2) is 2.52. The van der Waals surface area contributed by atoms with Gasteiger partial charge in [0.05, 0.1) is 11.1 Å². The summed E-state index contributed by atoms with van der Waals surface area (Å²) in [6, 6.07) is 5.38. The number of nitrogens with zero attached hydrogens (tertiary/aromatic N) is 1. The normalized spacial score (nSPS) is 18.3. The summed E-state index contributed by atoms with van der Waals surface area (Å²) in [5.74, 6) is -0.370.